The third kappa shape index (κ3) is 3.78. The largest absolute Gasteiger partial charge is 0.315 e. The van der Waals surface area contributed by atoms with E-state index in [0.29, 0.717) is 0 Å². The molecule has 2 aliphatic rings. The van der Waals surface area contributed by atoms with Crippen LogP contribution in [0.5, 0.6) is 0 Å². The van der Waals surface area contributed by atoms with E-state index in [1.54, 1.807) is 11.8 Å². The highest BCUT2D eigenvalue weighted by Gasteiger charge is 2.47. The zero-order valence-corrected chi connectivity index (χ0v) is 17.5. The maximum Gasteiger partial charge on any atom is 0.164 e. The molecule has 0 aliphatic carbocycles. The van der Waals surface area contributed by atoms with Gasteiger partial charge in [0, 0.05) is 11.4 Å². The third-order valence-electron chi connectivity index (χ3n) is 5.36. The van der Waals surface area contributed by atoms with Crippen molar-refractivity contribution in [1.29, 1.82) is 0 Å². The molecule has 142 valence electrons. The first-order valence-electron chi connectivity index (χ1n) is 9.15. The molecule has 0 spiro atoms. The number of aryl methyl sites for hydroxylation is 3. The van der Waals surface area contributed by atoms with Crippen LogP contribution in [0.2, 0.25) is 0 Å². The summed E-state index contributed by atoms with van der Waals surface area (Å²) < 4.78 is 24.3. The van der Waals surface area contributed by atoms with Gasteiger partial charge in [0.15, 0.2) is 15.0 Å². The van der Waals surface area contributed by atoms with Crippen molar-refractivity contribution in [3.8, 4) is 0 Å². The molecule has 0 aromatic heterocycles. The summed E-state index contributed by atoms with van der Waals surface area (Å²) in [5.41, 5.74) is 5.98. The lowest BCUT2D eigenvalue weighted by Crippen LogP contribution is -2.39. The second-order valence-electron chi connectivity index (χ2n) is 7.54. The Bertz CT molecular complexity index is 997. The van der Waals surface area contributed by atoms with Gasteiger partial charge in [-0.25, -0.2) is 8.42 Å². The van der Waals surface area contributed by atoms with E-state index >= 15 is 0 Å². The average molecular weight is 401 g/mol. The lowest BCUT2D eigenvalue weighted by Gasteiger charge is -2.27. The SMILES string of the molecule is Cc1ccc(CSC2=N[C@@H]3CS(=O)(=O)C[C@@H]3N2c2ccc(C)c(C)c2)cc1. The van der Waals surface area contributed by atoms with Gasteiger partial charge in [-0.3, -0.25) is 4.99 Å². The van der Waals surface area contributed by atoms with Crippen molar-refractivity contribution in [2.45, 2.75) is 38.6 Å². The number of rotatable bonds is 3. The molecule has 4 rings (SSSR count). The lowest BCUT2D eigenvalue weighted by molar-refractivity contribution is 0.601. The first-order chi connectivity index (χ1) is 12.8. The number of sulfone groups is 1. The van der Waals surface area contributed by atoms with Crippen molar-refractivity contribution in [3.05, 3.63) is 64.7 Å². The van der Waals surface area contributed by atoms with E-state index in [1.807, 2.05) is 0 Å². The number of nitrogens with zero attached hydrogens (tertiary/aromatic N) is 2. The van der Waals surface area contributed by atoms with Crippen LogP contribution in [0.25, 0.3) is 0 Å². The molecular weight excluding hydrogens is 376 g/mol. The van der Waals surface area contributed by atoms with Crippen LogP contribution in [0.15, 0.2) is 47.5 Å². The highest BCUT2D eigenvalue weighted by Crippen LogP contribution is 2.36. The summed E-state index contributed by atoms with van der Waals surface area (Å²) in [6, 6.07) is 14.6. The van der Waals surface area contributed by atoms with Crippen LogP contribution in [-0.2, 0) is 15.6 Å². The monoisotopic (exact) mass is 400 g/mol. The van der Waals surface area contributed by atoms with Crippen molar-refractivity contribution in [1.82, 2.24) is 0 Å². The fourth-order valence-electron chi connectivity index (χ4n) is 3.64. The minimum absolute atomic E-state index is 0.0855. The molecule has 2 aromatic carbocycles. The molecule has 0 amide bonds. The van der Waals surface area contributed by atoms with Gasteiger partial charge in [-0.2, -0.15) is 0 Å². The number of fused-ring (bicyclic) bond motifs is 1. The zero-order valence-electron chi connectivity index (χ0n) is 15.8. The number of hydrogen-bond donors (Lipinski definition) is 0. The highest BCUT2D eigenvalue weighted by molar-refractivity contribution is 8.13. The molecule has 0 N–H and O–H groups in total. The fourth-order valence-corrected chi connectivity index (χ4v) is 6.57. The summed E-state index contributed by atoms with van der Waals surface area (Å²) >= 11 is 1.69. The number of aliphatic imine (C=N–C) groups is 1. The first-order valence-corrected chi connectivity index (χ1v) is 12.0. The van der Waals surface area contributed by atoms with Crippen LogP contribution in [0.1, 0.15) is 22.3 Å². The second kappa shape index (κ2) is 6.99. The Hall–Kier alpha value is -1.79. The Labute approximate surface area is 165 Å². The second-order valence-corrected chi connectivity index (χ2v) is 10.6. The quantitative estimate of drug-likeness (QED) is 0.784. The fraction of sp³-hybridized carbons (Fsp3) is 0.381. The van der Waals surface area contributed by atoms with Crippen molar-refractivity contribution < 1.29 is 8.42 Å². The number of hydrogen-bond acceptors (Lipinski definition) is 5. The molecule has 6 heteroatoms. The molecule has 2 atom stereocenters. The normalized spacial score (nSPS) is 23.4. The Morgan fingerprint density at radius 3 is 2.48 bits per heavy atom. The van der Waals surface area contributed by atoms with Crippen LogP contribution in [0, 0.1) is 20.8 Å². The van der Waals surface area contributed by atoms with Crippen LogP contribution in [-0.4, -0.2) is 37.2 Å². The summed E-state index contributed by atoms with van der Waals surface area (Å²) in [5, 5.41) is 0.934. The van der Waals surface area contributed by atoms with Crippen LogP contribution >= 0.6 is 11.8 Å². The standard InChI is InChI=1S/C21H24N2O2S2/c1-14-4-7-17(8-5-14)11-26-21-22-19-12-27(24,25)13-20(19)23(21)18-9-6-15(2)16(3)10-18/h4-10,19-20H,11-13H2,1-3H3/t19-,20+/m1/s1. The van der Waals surface area contributed by atoms with Crippen LogP contribution in [0.3, 0.4) is 0 Å². The molecule has 4 nitrogen and oxygen atoms in total. The van der Waals surface area contributed by atoms with Crippen LogP contribution < -0.4 is 4.90 Å². The number of anilines is 1. The maximum absolute atomic E-state index is 12.2. The van der Waals surface area contributed by atoms with Gasteiger partial charge in [-0.05, 0) is 49.6 Å². The van der Waals surface area contributed by atoms with Crippen LogP contribution in [0.4, 0.5) is 5.69 Å². The van der Waals surface area contributed by atoms with Crippen molar-refractivity contribution in [2.75, 3.05) is 16.4 Å². The van der Waals surface area contributed by atoms with Gasteiger partial charge in [-0.1, -0.05) is 47.7 Å². The molecular formula is C21H24N2O2S2. The number of benzene rings is 2. The third-order valence-corrected chi connectivity index (χ3v) is 8.10. The van der Waals surface area contributed by atoms with E-state index in [0.717, 1.165) is 16.6 Å². The molecule has 0 unspecified atom stereocenters. The van der Waals surface area contributed by atoms with Gasteiger partial charge >= 0.3 is 0 Å². The molecule has 0 saturated carbocycles. The van der Waals surface area contributed by atoms with Gasteiger partial charge in [0.25, 0.3) is 0 Å². The van der Waals surface area contributed by atoms with E-state index in [9.17, 15) is 8.42 Å². The van der Waals surface area contributed by atoms with Gasteiger partial charge in [0.05, 0.1) is 23.6 Å². The topological polar surface area (TPSA) is 49.7 Å². The van der Waals surface area contributed by atoms with Crippen molar-refractivity contribution >= 4 is 32.5 Å². The summed E-state index contributed by atoms with van der Waals surface area (Å²) in [4.78, 5) is 6.97. The highest BCUT2D eigenvalue weighted by atomic mass is 32.2. The number of thioether (sulfide) groups is 1. The maximum atomic E-state index is 12.2. The van der Waals surface area contributed by atoms with Gasteiger partial charge in [0.2, 0.25) is 0 Å². The molecule has 2 heterocycles. The molecule has 0 radical (unpaired) electrons. The average Bonchev–Trinajstić information content (AvgIpc) is 3.08. The Balaban J connectivity index is 1.63. The molecule has 1 fully saturated rings. The van der Waals surface area contributed by atoms with E-state index in [2.05, 4.69) is 68.1 Å². The summed E-state index contributed by atoms with van der Waals surface area (Å²) in [5.74, 6) is 1.17. The van der Waals surface area contributed by atoms with E-state index in [1.165, 1.54) is 22.3 Å². The van der Waals surface area contributed by atoms with Gasteiger partial charge in [0.1, 0.15) is 0 Å². The van der Waals surface area contributed by atoms with E-state index in [-0.39, 0.29) is 23.6 Å². The summed E-state index contributed by atoms with van der Waals surface area (Å²) in [6.45, 7) is 6.27. The Morgan fingerprint density at radius 1 is 1.04 bits per heavy atom. The Morgan fingerprint density at radius 2 is 1.78 bits per heavy atom. The molecule has 1 saturated heterocycles. The van der Waals surface area contributed by atoms with Gasteiger partial charge in [-0.15, -0.1) is 0 Å². The minimum atomic E-state index is -3.02. The lowest BCUT2D eigenvalue weighted by atomic mass is 10.1. The van der Waals surface area contributed by atoms with Gasteiger partial charge < -0.3 is 4.90 Å². The Kier molecular flexibility index (Phi) is 4.80. The zero-order chi connectivity index (χ0) is 19.2. The first kappa shape index (κ1) is 18.6. The minimum Gasteiger partial charge on any atom is -0.315 e. The number of amidine groups is 1. The predicted molar refractivity (Wildman–Crippen MR) is 115 cm³/mol. The van der Waals surface area contributed by atoms with Crippen molar-refractivity contribution in [2.24, 2.45) is 4.99 Å². The molecule has 2 aliphatic heterocycles. The van der Waals surface area contributed by atoms with Crippen molar-refractivity contribution in [3.63, 3.8) is 0 Å². The summed E-state index contributed by atoms with van der Waals surface area (Å²) in [6.07, 6.45) is 0. The molecule has 27 heavy (non-hydrogen) atoms. The molecule has 2 aromatic rings. The molecule has 0 bridgehead atoms. The van der Waals surface area contributed by atoms with E-state index < -0.39 is 9.84 Å². The van der Waals surface area contributed by atoms with E-state index in [4.69, 9.17) is 4.99 Å². The predicted octanol–water partition coefficient (Wildman–Crippen LogP) is 3.89. The smallest absolute Gasteiger partial charge is 0.164 e. The summed E-state index contributed by atoms with van der Waals surface area (Å²) in [7, 11) is -3.02.